The van der Waals surface area contributed by atoms with Crippen molar-refractivity contribution in [2.45, 2.75) is 38.0 Å². The summed E-state index contributed by atoms with van der Waals surface area (Å²) >= 11 is 6.27. The van der Waals surface area contributed by atoms with Gasteiger partial charge in [0, 0.05) is 87.3 Å². The summed E-state index contributed by atoms with van der Waals surface area (Å²) in [4.78, 5) is 42.2. The van der Waals surface area contributed by atoms with E-state index in [4.69, 9.17) is 26.1 Å². The number of nitro groups is 1. The number of hydrogen-bond acceptors (Lipinski definition) is 13. The van der Waals surface area contributed by atoms with Crippen LogP contribution in [0.2, 0.25) is 5.02 Å². The Balaban J connectivity index is 0.963. The standard InChI is InChI=1S/C47H54ClN9O7S/c1-47(2)13-11-34(39(30-47)32-3-5-35(48)6-4-32)31-54-17-19-55(20-18-54)36-7-9-38(41(28-36)56-23-26-64-46-43(56)27-33-12-14-50-44(33)51-46)45(58)52-65(61,62)37-8-10-40(42(29-37)57(59)60)49-15-16-53-21-24-63-25-22-53/h3-10,12,14,27-29,49H,11,13,15-26,30-31H2,1-2H3,(H,50,51)(H,52,58). The van der Waals surface area contributed by atoms with Gasteiger partial charge in [-0.15, -0.1) is 0 Å². The molecule has 0 radical (unpaired) electrons. The van der Waals surface area contributed by atoms with E-state index in [0.717, 1.165) is 87.2 Å². The highest BCUT2D eigenvalue weighted by Crippen LogP contribution is 2.44. The first-order chi connectivity index (χ1) is 31.3. The van der Waals surface area contributed by atoms with E-state index in [0.29, 0.717) is 55.7 Å². The predicted octanol–water partition coefficient (Wildman–Crippen LogP) is 7.30. The number of nitro benzene ring substituents is 1. The van der Waals surface area contributed by atoms with Crippen LogP contribution in [0.1, 0.15) is 49.0 Å². The number of carbonyl (C=O) groups is 1. The van der Waals surface area contributed by atoms with Gasteiger partial charge in [-0.25, -0.2) is 13.1 Å². The van der Waals surface area contributed by atoms with Gasteiger partial charge in [0.15, 0.2) is 0 Å². The largest absolute Gasteiger partial charge is 0.474 e. The van der Waals surface area contributed by atoms with Crippen molar-refractivity contribution in [2.75, 3.05) is 100 Å². The molecule has 2 fully saturated rings. The number of carbonyl (C=O) groups excluding carboxylic acids is 1. The van der Waals surface area contributed by atoms with Gasteiger partial charge in [0.05, 0.1) is 40.8 Å². The van der Waals surface area contributed by atoms with Crippen LogP contribution in [0.25, 0.3) is 16.6 Å². The number of halogens is 1. The Morgan fingerprint density at radius 1 is 0.923 bits per heavy atom. The summed E-state index contributed by atoms with van der Waals surface area (Å²) in [5.74, 6) is -0.496. The number of rotatable bonds is 13. The van der Waals surface area contributed by atoms with Gasteiger partial charge in [0.25, 0.3) is 21.6 Å². The Hall–Kier alpha value is -5.72. The number of amides is 1. The topological polar surface area (TPSA) is 179 Å². The molecule has 342 valence electrons. The molecule has 5 aromatic rings. The normalized spacial score (nSPS) is 18.3. The average molecular weight is 925 g/mol. The number of anilines is 4. The number of aromatic amines is 1. The quantitative estimate of drug-likeness (QED) is 0.0792. The highest BCUT2D eigenvalue weighted by atomic mass is 35.5. The van der Waals surface area contributed by atoms with Gasteiger partial charge in [0.2, 0.25) is 5.88 Å². The number of H-pyrrole nitrogens is 1. The first kappa shape index (κ1) is 44.5. The number of pyridine rings is 1. The van der Waals surface area contributed by atoms with E-state index in [1.165, 1.54) is 28.8 Å². The fourth-order valence-electron chi connectivity index (χ4n) is 9.28. The third-order valence-electron chi connectivity index (χ3n) is 12.9. The highest BCUT2D eigenvalue weighted by Gasteiger charge is 2.32. The average Bonchev–Trinajstić information content (AvgIpc) is 3.76. The van der Waals surface area contributed by atoms with Crippen molar-refractivity contribution < 1.29 is 27.6 Å². The van der Waals surface area contributed by atoms with Gasteiger partial charge < -0.3 is 29.6 Å². The van der Waals surface area contributed by atoms with Gasteiger partial charge in [-0.2, -0.15) is 4.98 Å². The number of ether oxygens (including phenoxy) is 2. The first-order valence-electron chi connectivity index (χ1n) is 22.2. The number of allylic oxidation sites excluding steroid dienone is 1. The van der Waals surface area contributed by atoms with Crippen LogP contribution < -0.4 is 24.6 Å². The summed E-state index contributed by atoms with van der Waals surface area (Å²) in [7, 11) is -4.57. The number of aromatic nitrogens is 2. The van der Waals surface area contributed by atoms with Crippen LogP contribution in [0.15, 0.2) is 89.5 Å². The number of nitrogens with one attached hydrogen (secondary N) is 3. The molecule has 2 saturated heterocycles. The van der Waals surface area contributed by atoms with E-state index in [2.05, 4.69) is 55.7 Å². The van der Waals surface area contributed by atoms with Crippen molar-refractivity contribution in [1.29, 1.82) is 0 Å². The summed E-state index contributed by atoms with van der Waals surface area (Å²) in [6, 6.07) is 21.1. The van der Waals surface area contributed by atoms with E-state index in [9.17, 15) is 23.3 Å². The second-order valence-corrected chi connectivity index (χ2v) is 20.0. The molecule has 16 nitrogen and oxygen atoms in total. The lowest BCUT2D eigenvalue weighted by atomic mass is 9.72. The number of hydrogen-bond donors (Lipinski definition) is 3. The molecule has 0 bridgehead atoms. The molecule has 1 aliphatic carbocycles. The molecule has 0 spiro atoms. The maximum Gasteiger partial charge on any atom is 0.293 e. The SMILES string of the molecule is CC1(C)CCC(CN2CCN(c3ccc(C(=O)NS(=O)(=O)c4ccc(NCCN5CCOCC5)c([N+](=O)[O-])c4)c(N4CCOc5nc6[nH]ccc6cc54)c3)CC2)=C(c2ccc(Cl)cc2)C1. The van der Waals surface area contributed by atoms with E-state index in [1.807, 2.05) is 41.3 Å². The molecule has 3 aliphatic heterocycles. The van der Waals surface area contributed by atoms with Crippen LogP contribution in [0.4, 0.5) is 28.4 Å². The number of nitrogens with zero attached hydrogens (tertiary/aromatic N) is 6. The fraction of sp³-hybridized carbons (Fsp3) is 0.404. The minimum atomic E-state index is -4.57. The first-order valence-corrected chi connectivity index (χ1v) is 24.0. The zero-order valence-corrected chi connectivity index (χ0v) is 38.2. The number of piperazine rings is 1. The molecule has 18 heteroatoms. The molecule has 5 heterocycles. The third-order valence-corrected chi connectivity index (χ3v) is 14.5. The molecule has 9 rings (SSSR count). The fourth-order valence-corrected chi connectivity index (χ4v) is 10.4. The van der Waals surface area contributed by atoms with Crippen LogP contribution >= 0.6 is 11.6 Å². The lowest BCUT2D eigenvalue weighted by molar-refractivity contribution is -0.384. The van der Waals surface area contributed by atoms with Crippen molar-refractivity contribution in [2.24, 2.45) is 5.41 Å². The maximum absolute atomic E-state index is 14.3. The van der Waals surface area contributed by atoms with Gasteiger partial charge in [0.1, 0.15) is 23.6 Å². The molecular weight excluding hydrogens is 870 g/mol. The monoisotopic (exact) mass is 923 g/mol. The molecule has 2 aromatic heterocycles. The van der Waals surface area contributed by atoms with Crippen molar-refractivity contribution in [1.82, 2.24) is 24.5 Å². The molecule has 0 saturated carbocycles. The lowest BCUT2D eigenvalue weighted by Gasteiger charge is -2.39. The molecule has 3 N–H and O–H groups in total. The number of sulfonamides is 1. The third kappa shape index (κ3) is 9.94. The Labute approximate surface area is 383 Å². The molecule has 1 amide bonds. The molecule has 3 aromatic carbocycles. The highest BCUT2D eigenvalue weighted by molar-refractivity contribution is 7.90. The second kappa shape index (κ2) is 18.6. The van der Waals surface area contributed by atoms with Crippen LogP contribution in [-0.2, 0) is 14.8 Å². The van der Waals surface area contributed by atoms with E-state index < -0.39 is 31.4 Å². The van der Waals surface area contributed by atoms with Crippen LogP contribution in [0.3, 0.4) is 0 Å². The Kier molecular flexibility index (Phi) is 12.8. The van der Waals surface area contributed by atoms with Gasteiger partial charge in [-0.3, -0.25) is 24.7 Å². The molecule has 65 heavy (non-hydrogen) atoms. The summed E-state index contributed by atoms with van der Waals surface area (Å²) in [5.41, 5.74) is 6.88. The Morgan fingerprint density at radius 2 is 1.71 bits per heavy atom. The second-order valence-electron chi connectivity index (χ2n) is 17.9. The Morgan fingerprint density at radius 3 is 2.48 bits per heavy atom. The van der Waals surface area contributed by atoms with Crippen LogP contribution in [-0.4, -0.2) is 124 Å². The van der Waals surface area contributed by atoms with Crippen LogP contribution in [0, 0.1) is 15.5 Å². The molecule has 0 atom stereocenters. The zero-order valence-electron chi connectivity index (χ0n) is 36.6. The minimum Gasteiger partial charge on any atom is -0.474 e. The Bertz CT molecular complexity index is 2730. The van der Waals surface area contributed by atoms with Gasteiger partial charge >= 0.3 is 0 Å². The summed E-state index contributed by atoms with van der Waals surface area (Å²) in [6.45, 7) is 13.2. The number of benzene rings is 3. The van der Waals surface area contributed by atoms with E-state index in [-0.39, 0.29) is 23.3 Å². The summed E-state index contributed by atoms with van der Waals surface area (Å²) < 4.78 is 41.4. The zero-order chi connectivity index (χ0) is 45.3. The van der Waals surface area contributed by atoms with Crippen molar-refractivity contribution >= 4 is 72.6 Å². The van der Waals surface area contributed by atoms with Gasteiger partial charge in [-0.1, -0.05) is 43.2 Å². The van der Waals surface area contributed by atoms with Crippen LogP contribution in [0.5, 0.6) is 5.88 Å². The molecular formula is C47H54ClN9O7S. The lowest BCUT2D eigenvalue weighted by Crippen LogP contribution is -2.47. The molecule has 4 aliphatic rings. The summed E-state index contributed by atoms with van der Waals surface area (Å²) in [6.07, 6.45) is 5.00. The smallest absolute Gasteiger partial charge is 0.293 e. The van der Waals surface area contributed by atoms with Crippen molar-refractivity contribution in [3.63, 3.8) is 0 Å². The van der Waals surface area contributed by atoms with Gasteiger partial charge in [-0.05, 0) is 90.4 Å². The minimum absolute atomic E-state index is 0.107. The van der Waals surface area contributed by atoms with E-state index >= 15 is 0 Å². The number of fused-ring (bicyclic) bond motifs is 2. The van der Waals surface area contributed by atoms with E-state index in [1.54, 1.807) is 12.3 Å². The maximum atomic E-state index is 14.3. The number of morpholine rings is 1. The van der Waals surface area contributed by atoms with Crippen molar-refractivity contribution in [3.8, 4) is 5.88 Å². The molecule has 0 unspecified atom stereocenters. The summed E-state index contributed by atoms with van der Waals surface area (Å²) in [5, 5.41) is 16.8. The predicted molar refractivity (Wildman–Crippen MR) is 253 cm³/mol. The van der Waals surface area contributed by atoms with Crippen molar-refractivity contribution in [3.05, 3.63) is 111 Å².